The van der Waals surface area contributed by atoms with Gasteiger partial charge in [-0.15, -0.1) is 0 Å². The lowest BCUT2D eigenvalue weighted by molar-refractivity contribution is 0.281. The molecule has 0 heterocycles. The van der Waals surface area contributed by atoms with Crippen LogP contribution in [-0.2, 0) is 0 Å². The number of hydrogen-bond acceptors (Lipinski definition) is 3. The van der Waals surface area contributed by atoms with Crippen molar-refractivity contribution in [2.24, 2.45) is 5.92 Å². The minimum absolute atomic E-state index is 0.335. The van der Waals surface area contributed by atoms with Gasteiger partial charge in [0.15, 0.2) is 0 Å². The third kappa shape index (κ3) is 7.32. The van der Waals surface area contributed by atoms with Crippen LogP contribution in [0.5, 0.6) is 0 Å². The van der Waals surface area contributed by atoms with Crippen LogP contribution in [0, 0.1) is 5.92 Å². The molecule has 0 unspecified atom stereocenters. The summed E-state index contributed by atoms with van der Waals surface area (Å²) in [5.41, 5.74) is 0. The summed E-state index contributed by atoms with van der Waals surface area (Å²) in [6.07, 6.45) is 9.35. The smallest absolute Gasteiger partial charge is 0.0438 e. The third-order valence-electron chi connectivity index (χ3n) is 3.67. The highest BCUT2D eigenvalue weighted by molar-refractivity contribution is 7.99. The molecule has 1 fully saturated rings. The van der Waals surface area contributed by atoms with E-state index in [4.69, 9.17) is 5.11 Å². The van der Waals surface area contributed by atoms with Crippen molar-refractivity contribution in [3.63, 3.8) is 0 Å². The van der Waals surface area contributed by atoms with Gasteiger partial charge >= 0.3 is 0 Å². The molecule has 0 aromatic carbocycles. The third-order valence-corrected chi connectivity index (χ3v) is 4.74. The van der Waals surface area contributed by atoms with Crippen LogP contribution in [0.1, 0.15) is 51.9 Å². The quantitative estimate of drug-likeness (QED) is 0.624. The van der Waals surface area contributed by atoms with E-state index >= 15 is 0 Å². The zero-order valence-corrected chi connectivity index (χ0v) is 12.1. The van der Waals surface area contributed by atoms with Crippen LogP contribution in [0.2, 0.25) is 0 Å². The van der Waals surface area contributed by atoms with E-state index in [1.165, 1.54) is 44.3 Å². The highest BCUT2D eigenvalue weighted by Crippen LogP contribution is 2.27. The van der Waals surface area contributed by atoms with Crippen LogP contribution >= 0.6 is 11.8 Å². The Morgan fingerprint density at radius 3 is 2.59 bits per heavy atom. The molecule has 102 valence electrons. The maximum Gasteiger partial charge on any atom is 0.0438 e. The molecule has 0 bridgehead atoms. The first-order chi connectivity index (χ1) is 8.36. The molecular formula is C14H29NOS. The number of hydrogen-bond donors (Lipinski definition) is 2. The van der Waals surface area contributed by atoms with Gasteiger partial charge in [0.05, 0.1) is 0 Å². The van der Waals surface area contributed by atoms with Crippen LogP contribution < -0.4 is 5.32 Å². The maximum atomic E-state index is 8.67. The van der Waals surface area contributed by atoms with Gasteiger partial charge in [0.2, 0.25) is 0 Å². The first kappa shape index (κ1) is 15.3. The summed E-state index contributed by atoms with van der Waals surface area (Å²) in [4.78, 5) is 0. The van der Waals surface area contributed by atoms with Crippen LogP contribution in [-0.4, -0.2) is 35.8 Å². The lowest BCUT2D eigenvalue weighted by Gasteiger charge is -2.29. The number of aliphatic hydroxyl groups is 1. The first-order valence-corrected chi connectivity index (χ1v) is 8.44. The number of rotatable bonds is 9. The van der Waals surface area contributed by atoms with E-state index in [1.54, 1.807) is 0 Å². The Morgan fingerprint density at radius 1 is 1.18 bits per heavy atom. The van der Waals surface area contributed by atoms with Gasteiger partial charge in [0.1, 0.15) is 0 Å². The maximum absolute atomic E-state index is 8.67. The minimum atomic E-state index is 0.335. The van der Waals surface area contributed by atoms with Gasteiger partial charge in [-0.25, -0.2) is 0 Å². The predicted octanol–water partition coefficient (Wildman–Crippen LogP) is 3.05. The fourth-order valence-electron chi connectivity index (χ4n) is 2.67. The lowest BCUT2D eigenvalue weighted by Crippen LogP contribution is -2.34. The summed E-state index contributed by atoms with van der Waals surface area (Å²) in [6, 6.07) is 0.779. The molecule has 1 aliphatic rings. The Bertz CT molecular complexity index is 170. The molecule has 0 amide bonds. The second-order valence-electron chi connectivity index (χ2n) is 5.15. The van der Waals surface area contributed by atoms with Crippen molar-refractivity contribution in [2.45, 2.75) is 57.9 Å². The summed E-state index contributed by atoms with van der Waals surface area (Å²) < 4.78 is 0. The lowest BCUT2D eigenvalue weighted by atomic mass is 9.83. The normalized spacial score (nSPS) is 25.1. The van der Waals surface area contributed by atoms with E-state index in [9.17, 15) is 0 Å². The van der Waals surface area contributed by atoms with E-state index in [1.807, 2.05) is 11.8 Å². The molecule has 2 nitrogen and oxygen atoms in total. The van der Waals surface area contributed by atoms with Gasteiger partial charge in [-0.3, -0.25) is 0 Å². The average Bonchev–Trinajstić information content (AvgIpc) is 2.36. The number of aliphatic hydroxyl groups excluding tert-OH is 1. The highest BCUT2D eigenvalue weighted by atomic mass is 32.2. The van der Waals surface area contributed by atoms with E-state index in [0.29, 0.717) is 6.61 Å². The number of nitrogens with one attached hydrogen (secondary N) is 1. The monoisotopic (exact) mass is 259 g/mol. The molecule has 1 saturated carbocycles. The van der Waals surface area contributed by atoms with Crippen molar-refractivity contribution in [1.29, 1.82) is 0 Å². The Balaban J connectivity index is 1.91. The standard InChI is InChI=1S/C14H29NOS/c1-2-4-13-5-7-14(8-6-13)15-9-12-17-11-3-10-16/h13-16H,2-12H2,1H3. The molecule has 17 heavy (non-hydrogen) atoms. The van der Waals surface area contributed by atoms with Gasteiger partial charge in [-0.05, 0) is 43.8 Å². The summed E-state index contributed by atoms with van der Waals surface area (Å²) in [6.45, 7) is 3.77. The minimum Gasteiger partial charge on any atom is -0.396 e. The molecule has 3 heteroatoms. The molecule has 0 radical (unpaired) electrons. The van der Waals surface area contributed by atoms with Crippen molar-refractivity contribution in [2.75, 3.05) is 24.7 Å². The molecule has 0 spiro atoms. The predicted molar refractivity (Wildman–Crippen MR) is 77.7 cm³/mol. The second kappa shape index (κ2) is 10.2. The average molecular weight is 259 g/mol. The van der Waals surface area contributed by atoms with Crippen molar-refractivity contribution in [3.8, 4) is 0 Å². The topological polar surface area (TPSA) is 32.3 Å². The van der Waals surface area contributed by atoms with Gasteiger partial charge in [0.25, 0.3) is 0 Å². The summed E-state index contributed by atoms with van der Waals surface area (Å²) in [5.74, 6) is 3.30. The molecular weight excluding hydrogens is 230 g/mol. The first-order valence-electron chi connectivity index (χ1n) is 7.28. The van der Waals surface area contributed by atoms with Crippen LogP contribution in [0.15, 0.2) is 0 Å². The van der Waals surface area contributed by atoms with Gasteiger partial charge in [-0.2, -0.15) is 11.8 Å². The molecule has 0 saturated heterocycles. The van der Waals surface area contributed by atoms with E-state index in [0.717, 1.165) is 30.7 Å². The molecule has 1 rings (SSSR count). The van der Waals surface area contributed by atoms with Gasteiger partial charge in [-0.1, -0.05) is 19.8 Å². The number of thioether (sulfide) groups is 1. The Hall–Kier alpha value is 0.270. The largest absolute Gasteiger partial charge is 0.396 e. The van der Waals surface area contributed by atoms with E-state index < -0.39 is 0 Å². The van der Waals surface area contributed by atoms with E-state index in [-0.39, 0.29) is 0 Å². The van der Waals surface area contributed by atoms with Crippen molar-refractivity contribution in [3.05, 3.63) is 0 Å². The van der Waals surface area contributed by atoms with Crippen molar-refractivity contribution < 1.29 is 5.11 Å². The fourth-order valence-corrected chi connectivity index (χ4v) is 3.47. The van der Waals surface area contributed by atoms with Gasteiger partial charge < -0.3 is 10.4 Å². The summed E-state index contributed by atoms with van der Waals surface area (Å²) in [7, 11) is 0. The zero-order valence-electron chi connectivity index (χ0n) is 11.3. The molecule has 0 atom stereocenters. The Kier molecular flexibility index (Phi) is 9.21. The molecule has 0 aliphatic heterocycles. The summed E-state index contributed by atoms with van der Waals surface area (Å²) in [5, 5.41) is 12.3. The Morgan fingerprint density at radius 2 is 1.94 bits per heavy atom. The molecule has 0 aromatic heterocycles. The van der Waals surface area contributed by atoms with Crippen molar-refractivity contribution in [1.82, 2.24) is 5.32 Å². The van der Waals surface area contributed by atoms with Gasteiger partial charge in [0, 0.05) is 24.9 Å². The van der Waals surface area contributed by atoms with Crippen LogP contribution in [0.3, 0.4) is 0 Å². The molecule has 2 N–H and O–H groups in total. The summed E-state index contributed by atoms with van der Waals surface area (Å²) >= 11 is 1.95. The SMILES string of the molecule is CCCC1CCC(NCCSCCCO)CC1. The fraction of sp³-hybridized carbons (Fsp3) is 1.00. The van der Waals surface area contributed by atoms with E-state index in [2.05, 4.69) is 12.2 Å². The van der Waals surface area contributed by atoms with Crippen LogP contribution in [0.4, 0.5) is 0 Å². The molecule has 0 aromatic rings. The van der Waals surface area contributed by atoms with Crippen molar-refractivity contribution >= 4 is 11.8 Å². The second-order valence-corrected chi connectivity index (χ2v) is 6.37. The highest BCUT2D eigenvalue weighted by Gasteiger charge is 2.19. The zero-order chi connectivity index (χ0) is 12.3. The Labute approximate surface area is 111 Å². The molecule has 1 aliphatic carbocycles. The van der Waals surface area contributed by atoms with Crippen LogP contribution in [0.25, 0.3) is 0 Å².